The Bertz CT molecular complexity index is 1200. The summed E-state index contributed by atoms with van der Waals surface area (Å²) in [6.45, 7) is 6.18. The summed E-state index contributed by atoms with van der Waals surface area (Å²) in [4.78, 5) is 25.5. The van der Waals surface area contributed by atoms with Crippen molar-refractivity contribution in [2.24, 2.45) is 5.92 Å². The van der Waals surface area contributed by atoms with Crippen LogP contribution in [0.2, 0.25) is 5.02 Å². The Morgan fingerprint density at radius 2 is 1.83 bits per heavy atom. The van der Waals surface area contributed by atoms with Crippen LogP contribution >= 0.6 is 11.6 Å². The molecular formula is C22H20ClF2NO4. The van der Waals surface area contributed by atoms with Crippen molar-refractivity contribution >= 4 is 34.4 Å². The molecule has 0 aliphatic heterocycles. The van der Waals surface area contributed by atoms with Gasteiger partial charge in [0.2, 0.25) is 0 Å². The zero-order valence-electron chi connectivity index (χ0n) is 16.8. The number of fused-ring (bicyclic) bond motifs is 1. The van der Waals surface area contributed by atoms with Crippen molar-refractivity contribution in [2.45, 2.75) is 33.1 Å². The van der Waals surface area contributed by atoms with Gasteiger partial charge >= 0.3 is 5.97 Å². The molecule has 0 unspecified atom stereocenters. The smallest absolute Gasteiger partial charge is 0.314 e. The first-order valence-corrected chi connectivity index (χ1v) is 9.56. The average Bonchev–Trinajstić information content (AvgIpc) is 2.96. The van der Waals surface area contributed by atoms with Crippen LogP contribution in [0, 0.1) is 24.5 Å². The van der Waals surface area contributed by atoms with E-state index in [9.17, 15) is 24.2 Å². The Morgan fingerprint density at radius 1 is 1.20 bits per heavy atom. The number of aromatic hydroxyl groups is 1. The van der Waals surface area contributed by atoms with E-state index in [0.29, 0.717) is 5.02 Å². The maximum atomic E-state index is 15.1. The van der Waals surface area contributed by atoms with Crippen molar-refractivity contribution in [2.75, 3.05) is 0 Å². The second kappa shape index (κ2) is 7.40. The number of aliphatic carboxylic acids is 1. The molecule has 0 spiro atoms. The van der Waals surface area contributed by atoms with Crippen LogP contribution in [0.25, 0.3) is 10.9 Å². The average molecular weight is 436 g/mol. The van der Waals surface area contributed by atoms with Gasteiger partial charge in [-0.05, 0) is 38.0 Å². The maximum absolute atomic E-state index is 15.1. The molecule has 5 nitrogen and oxygen atoms in total. The van der Waals surface area contributed by atoms with E-state index in [4.69, 9.17) is 11.6 Å². The minimum absolute atomic E-state index is 0.00294. The molecule has 3 rings (SSSR count). The summed E-state index contributed by atoms with van der Waals surface area (Å²) in [5.41, 5.74) is -1.49. The molecule has 0 bridgehead atoms. The van der Waals surface area contributed by atoms with E-state index >= 15 is 4.39 Å². The largest absolute Gasteiger partial charge is 0.503 e. The molecule has 0 aliphatic rings. The van der Waals surface area contributed by atoms with Crippen LogP contribution in [0.3, 0.4) is 0 Å². The summed E-state index contributed by atoms with van der Waals surface area (Å²) in [5.74, 6) is -6.18. The summed E-state index contributed by atoms with van der Waals surface area (Å²) in [5, 5.41) is 19.8. The van der Waals surface area contributed by atoms with E-state index in [2.05, 4.69) is 0 Å². The third kappa shape index (κ3) is 3.04. The Labute approximate surface area is 176 Å². The molecular weight excluding hydrogens is 416 g/mol. The van der Waals surface area contributed by atoms with Gasteiger partial charge < -0.3 is 10.2 Å². The number of carboxylic acid groups (broad SMARTS) is 1. The summed E-state index contributed by atoms with van der Waals surface area (Å²) in [6.07, 6.45) is 0. The first-order chi connectivity index (χ1) is 13.9. The summed E-state index contributed by atoms with van der Waals surface area (Å²) >= 11 is 5.97. The van der Waals surface area contributed by atoms with Crippen molar-refractivity contribution in [1.29, 1.82) is 0 Å². The number of nitrogens with zero attached hydrogens (tertiary/aromatic N) is 1. The molecule has 1 atom stereocenters. The van der Waals surface area contributed by atoms with Gasteiger partial charge in [0.05, 0.1) is 10.9 Å². The number of carbonyl (C=O) groups is 2. The van der Waals surface area contributed by atoms with Crippen molar-refractivity contribution < 1.29 is 28.6 Å². The van der Waals surface area contributed by atoms with Crippen molar-refractivity contribution in [3.05, 3.63) is 63.8 Å². The molecule has 3 aromatic rings. The molecule has 1 aromatic heterocycles. The number of carboxylic acids is 1. The maximum Gasteiger partial charge on any atom is 0.314 e. The number of hydrogen-bond acceptors (Lipinski definition) is 3. The van der Waals surface area contributed by atoms with Crippen molar-refractivity contribution in [1.82, 2.24) is 4.57 Å². The third-order valence-electron chi connectivity index (χ3n) is 5.75. The van der Waals surface area contributed by atoms with E-state index in [1.54, 1.807) is 26.0 Å². The van der Waals surface area contributed by atoms with Crippen LogP contribution in [-0.4, -0.2) is 26.7 Å². The Morgan fingerprint density at radius 3 is 2.37 bits per heavy atom. The molecule has 1 heterocycles. The lowest BCUT2D eigenvalue weighted by atomic mass is 9.72. The van der Waals surface area contributed by atoms with Gasteiger partial charge in [-0.25, -0.2) is 8.78 Å². The molecule has 0 fully saturated rings. The number of phenols is 1. The molecule has 0 radical (unpaired) electrons. The van der Waals surface area contributed by atoms with E-state index < -0.39 is 40.6 Å². The second-order valence-corrected chi connectivity index (χ2v) is 8.13. The standard InChI is InChI=1S/C22H20ClF2NO4/c1-10(2)22(4,21(29)30)17-11(3)26(20(28)12-6-5-7-13(23)8-12)15-9-14(24)19(27)18(25)16(15)17/h5-10,27H,1-4H3,(H,29,30)/t22-/m1/s1. The third-order valence-corrected chi connectivity index (χ3v) is 5.99. The lowest BCUT2D eigenvalue weighted by Crippen LogP contribution is -2.38. The Hall–Kier alpha value is -2.93. The SMILES string of the molecule is Cc1c([C@](C)(C(=O)O)C(C)C)c2c(F)c(O)c(F)cc2n1C(=O)c1cccc(Cl)c1. The second-order valence-electron chi connectivity index (χ2n) is 7.69. The van der Waals surface area contributed by atoms with Gasteiger partial charge in [0.25, 0.3) is 5.91 Å². The molecule has 0 saturated heterocycles. The monoisotopic (exact) mass is 435 g/mol. The van der Waals surface area contributed by atoms with Gasteiger partial charge in [0.1, 0.15) is 0 Å². The van der Waals surface area contributed by atoms with Crippen LogP contribution < -0.4 is 0 Å². The fourth-order valence-corrected chi connectivity index (χ4v) is 3.96. The van der Waals surface area contributed by atoms with Gasteiger partial charge in [-0.2, -0.15) is 0 Å². The van der Waals surface area contributed by atoms with Gasteiger partial charge in [-0.3, -0.25) is 14.2 Å². The lowest BCUT2D eigenvalue weighted by Gasteiger charge is -2.30. The number of benzene rings is 2. The van der Waals surface area contributed by atoms with Crippen molar-refractivity contribution in [3.63, 3.8) is 0 Å². The fraction of sp³-hybridized carbons (Fsp3) is 0.273. The van der Waals surface area contributed by atoms with E-state index in [0.717, 1.165) is 10.6 Å². The van der Waals surface area contributed by atoms with E-state index in [-0.39, 0.29) is 27.7 Å². The molecule has 0 saturated carbocycles. The quantitative estimate of drug-likeness (QED) is 0.584. The highest BCUT2D eigenvalue weighted by Gasteiger charge is 2.44. The highest BCUT2D eigenvalue weighted by atomic mass is 35.5. The van der Waals surface area contributed by atoms with E-state index in [1.165, 1.54) is 26.0 Å². The number of phenolic OH excluding ortho intramolecular Hbond substituents is 1. The molecule has 2 aromatic carbocycles. The predicted molar refractivity (Wildman–Crippen MR) is 109 cm³/mol. The number of rotatable bonds is 4. The van der Waals surface area contributed by atoms with Crippen LogP contribution in [0.5, 0.6) is 5.75 Å². The summed E-state index contributed by atoms with van der Waals surface area (Å²) in [7, 11) is 0. The molecule has 158 valence electrons. The van der Waals surface area contributed by atoms with Crippen LogP contribution in [0.1, 0.15) is 42.4 Å². The zero-order valence-corrected chi connectivity index (χ0v) is 17.5. The Kier molecular flexibility index (Phi) is 5.37. The van der Waals surface area contributed by atoms with E-state index in [1.807, 2.05) is 0 Å². The van der Waals surface area contributed by atoms with Crippen LogP contribution in [0.4, 0.5) is 8.78 Å². The molecule has 0 aliphatic carbocycles. The zero-order chi connectivity index (χ0) is 22.5. The number of hydrogen-bond donors (Lipinski definition) is 2. The van der Waals surface area contributed by atoms with Crippen LogP contribution in [-0.2, 0) is 10.2 Å². The molecule has 8 heteroatoms. The predicted octanol–water partition coefficient (Wildman–Crippen LogP) is 5.27. The first kappa shape index (κ1) is 21.8. The summed E-state index contributed by atoms with van der Waals surface area (Å²) < 4.78 is 30.4. The number of aromatic nitrogens is 1. The molecule has 2 N–H and O–H groups in total. The minimum Gasteiger partial charge on any atom is -0.503 e. The van der Waals surface area contributed by atoms with Crippen LogP contribution in [0.15, 0.2) is 30.3 Å². The fourth-order valence-electron chi connectivity index (χ4n) is 3.77. The van der Waals surface area contributed by atoms with Gasteiger partial charge in [0.15, 0.2) is 17.4 Å². The number of carbonyl (C=O) groups excluding carboxylic acids is 1. The topological polar surface area (TPSA) is 79.5 Å². The van der Waals surface area contributed by atoms with Crippen molar-refractivity contribution in [3.8, 4) is 5.75 Å². The van der Waals surface area contributed by atoms with Gasteiger partial charge in [-0.1, -0.05) is 31.5 Å². The summed E-state index contributed by atoms with van der Waals surface area (Å²) in [6, 6.07) is 6.85. The molecule has 0 amide bonds. The first-order valence-electron chi connectivity index (χ1n) is 9.19. The molecule has 30 heavy (non-hydrogen) atoms. The Balaban J connectivity index is 2.51. The van der Waals surface area contributed by atoms with Gasteiger partial charge in [0, 0.05) is 33.3 Å². The minimum atomic E-state index is -1.62. The van der Waals surface area contributed by atoms with Gasteiger partial charge in [-0.15, -0.1) is 0 Å². The highest BCUT2D eigenvalue weighted by molar-refractivity contribution is 6.31. The number of halogens is 3. The lowest BCUT2D eigenvalue weighted by molar-refractivity contribution is -0.145. The normalized spacial score (nSPS) is 13.6. The highest BCUT2D eigenvalue weighted by Crippen LogP contribution is 2.44.